The summed E-state index contributed by atoms with van der Waals surface area (Å²) in [7, 11) is 0. The van der Waals surface area contributed by atoms with Gasteiger partial charge in [-0.25, -0.2) is 4.79 Å². The molecule has 31 heavy (non-hydrogen) atoms. The second kappa shape index (κ2) is 10.8. The van der Waals surface area contributed by atoms with Crippen LogP contribution in [0.5, 0.6) is 5.75 Å². The second-order valence-corrected chi connectivity index (χ2v) is 7.61. The van der Waals surface area contributed by atoms with Crippen molar-refractivity contribution in [3.8, 4) is 5.75 Å². The Hall–Kier alpha value is -3.06. The van der Waals surface area contributed by atoms with Crippen LogP contribution < -0.4 is 10.1 Å². The summed E-state index contributed by atoms with van der Waals surface area (Å²) >= 11 is 6.15. The maximum atomic E-state index is 12.6. The number of nitrogens with zero attached hydrogens (tertiary/aromatic N) is 1. The van der Waals surface area contributed by atoms with Crippen molar-refractivity contribution < 1.29 is 23.9 Å². The van der Waals surface area contributed by atoms with Gasteiger partial charge in [0.2, 0.25) is 5.91 Å². The lowest BCUT2D eigenvalue weighted by molar-refractivity contribution is -0.131. The highest BCUT2D eigenvalue weighted by Crippen LogP contribution is 2.19. The van der Waals surface area contributed by atoms with Crippen molar-refractivity contribution in [1.29, 1.82) is 0 Å². The molecule has 1 heterocycles. The van der Waals surface area contributed by atoms with E-state index >= 15 is 0 Å². The monoisotopic (exact) mass is 444 g/mol. The summed E-state index contributed by atoms with van der Waals surface area (Å²) in [4.78, 5) is 38.2. The number of rotatable bonds is 6. The fourth-order valence-corrected chi connectivity index (χ4v) is 3.58. The molecule has 0 aromatic heterocycles. The Bertz CT molecular complexity index is 924. The molecule has 3 rings (SSSR count). The Morgan fingerprint density at radius 2 is 1.74 bits per heavy atom. The van der Waals surface area contributed by atoms with E-state index in [-0.39, 0.29) is 30.9 Å². The molecule has 2 aromatic rings. The van der Waals surface area contributed by atoms with Crippen LogP contribution in [0.25, 0.3) is 0 Å². The van der Waals surface area contributed by atoms with Gasteiger partial charge in [-0.3, -0.25) is 9.59 Å². The molecule has 1 saturated heterocycles. The van der Waals surface area contributed by atoms with Gasteiger partial charge in [-0.2, -0.15) is 0 Å². The van der Waals surface area contributed by atoms with Crippen molar-refractivity contribution in [2.45, 2.75) is 32.2 Å². The van der Waals surface area contributed by atoms with E-state index in [2.05, 4.69) is 5.32 Å². The number of carbonyl (C=O) groups excluding carboxylic acids is 3. The molecule has 164 valence electrons. The van der Waals surface area contributed by atoms with Crippen LogP contribution in [0.15, 0.2) is 48.5 Å². The van der Waals surface area contributed by atoms with E-state index in [0.717, 1.165) is 5.56 Å². The quantitative estimate of drug-likeness (QED) is 0.540. The SMILES string of the molecule is CCOC(=O)Oc1ccc(C(=O)NC2CCN(C(=O)Cc3ccccc3Cl)CC2)cc1. The number of benzene rings is 2. The summed E-state index contributed by atoms with van der Waals surface area (Å²) in [5.74, 6) is 0.138. The zero-order chi connectivity index (χ0) is 22.2. The van der Waals surface area contributed by atoms with Crippen LogP contribution in [-0.2, 0) is 16.0 Å². The largest absolute Gasteiger partial charge is 0.513 e. The van der Waals surface area contributed by atoms with Crippen LogP contribution in [-0.4, -0.2) is 48.6 Å². The summed E-state index contributed by atoms with van der Waals surface area (Å²) in [6.07, 6.45) is 0.862. The minimum absolute atomic E-state index is 0.00711. The predicted molar refractivity (Wildman–Crippen MR) is 116 cm³/mol. The number of ether oxygens (including phenoxy) is 2. The van der Waals surface area contributed by atoms with Gasteiger partial charge >= 0.3 is 6.16 Å². The zero-order valence-electron chi connectivity index (χ0n) is 17.3. The van der Waals surface area contributed by atoms with E-state index in [1.54, 1.807) is 37.3 Å². The third-order valence-corrected chi connectivity index (χ3v) is 5.43. The number of hydrogen-bond acceptors (Lipinski definition) is 5. The second-order valence-electron chi connectivity index (χ2n) is 7.21. The third-order valence-electron chi connectivity index (χ3n) is 5.06. The molecule has 0 unspecified atom stereocenters. The molecular weight excluding hydrogens is 420 g/mol. The van der Waals surface area contributed by atoms with E-state index in [1.165, 1.54) is 0 Å². The van der Waals surface area contributed by atoms with Crippen LogP contribution in [0.2, 0.25) is 5.02 Å². The Morgan fingerprint density at radius 1 is 1.06 bits per heavy atom. The van der Waals surface area contributed by atoms with Crippen LogP contribution in [0.1, 0.15) is 35.7 Å². The van der Waals surface area contributed by atoms with Crippen LogP contribution in [0.4, 0.5) is 4.79 Å². The molecule has 1 aliphatic heterocycles. The molecule has 2 amide bonds. The first-order chi connectivity index (χ1) is 15.0. The number of halogens is 1. The van der Waals surface area contributed by atoms with E-state index in [1.807, 2.05) is 23.1 Å². The molecule has 1 N–H and O–H groups in total. The minimum Gasteiger partial charge on any atom is -0.434 e. The zero-order valence-corrected chi connectivity index (χ0v) is 18.1. The number of likely N-dealkylation sites (tertiary alicyclic amines) is 1. The Morgan fingerprint density at radius 3 is 2.39 bits per heavy atom. The van der Waals surface area contributed by atoms with Crippen molar-refractivity contribution in [1.82, 2.24) is 10.2 Å². The molecule has 0 bridgehead atoms. The number of piperidine rings is 1. The summed E-state index contributed by atoms with van der Waals surface area (Å²) in [6.45, 7) is 3.08. The molecular formula is C23H25ClN2O5. The van der Waals surface area contributed by atoms with Gasteiger partial charge in [0.05, 0.1) is 13.0 Å². The highest BCUT2D eigenvalue weighted by Gasteiger charge is 2.24. The topological polar surface area (TPSA) is 84.9 Å². The molecule has 1 aliphatic rings. The van der Waals surface area contributed by atoms with Gasteiger partial charge < -0.3 is 19.7 Å². The van der Waals surface area contributed by atoms with Gasteiger partial charge in [0.1, 0.15) is 5.75 Å². The summed E-state index contributed by atoms with van der Waals surface area (Å²) in [5, 5.41) is 3.60. The lowest BCUT2D eigenvalue weighted by Crippen LogP contribution is -2.47. The summed E-state index contributed by atoms with van der Waals surface area (Å²) in [6, 6.07) is 13.6. The van der Waals surface area contributed by atoms with Crippen molar-refractivity contribution in [2.24, 2.45) is 0 Å². The first-order valence-corrected chi connectivity index (χ1v) is 10.6. The molecule has 0 radical (unpaired) electrons. The molecule has 0 spiro atoms. The molecule has 1 fully saturated rings. The Balaban J connectivity index is 1.46. The minimum atomic E-state index is -0.782. The van der Waals surface area contributed by atoms with Gasteiger partial charge in [-0.1, -0.05) is 29.8 Å². The maximum absolute atomic E-state index is 12.6. The van der Waals surface area contributed by atoms with E-state index in [9.17, 15) is 14.4 Å². The van der Waals surface area contributed by atoms with Crippen LogP contribution >= 0.6 is 11.6 Å². The van der Waals surface area contributed by atoms with Gasteiger partial charge in [0, 0.05) is 29.7 Å². The lowest BCUT2D eigenvalue weighted by atomic mass is 10.0. The Labute approximate surface area is 186 Å². The molecule has 8 heteroatoms. The molecule has 0 saturated carbocycles. The maximum Gasteiger partial charge on any atom is 0.513 e. The molecule has 7 nitrogen and oxygen atoms in total. The van der Waals surface area contributed by atoms with E-state index in [0.29, 0.717) is 42.3 Å². The van der Waals surface area contributed by atoms with Crippen LogP contribution in [0.3, 0.4) is 0 Å². The standard InChI is InChI=1S/C23H25ClN2O5/c1-2-30-23(29)31-19-9-7-16(8-10-19)22(28)25-18-11-13-26(14-12-18)21(27)15-17-5-3-4-6-20(17)24/h3-10,18H,2,11-15H2,1H3,(H,25,28). The van der Waals surface area contributed by atoms with Crippen molar-refractivity contribution in [3.63, 3.8) is 0 Å². The smallest absolute Gasteiger partial charge is 0.434 e. The van der Waals surface area contributed by atoms with Gasteiger partial charge in [-0.05, 0) is 55.7 Å². The fraction of sp³-hybridized carbons (Fsp3) is 0.348. The molecule has 0 atom stereocenters. The number of amides is 2. The number of carbonyl (C=O) groups is 3. The van der Waals surface area contributed by atoms with E-state index < -0.39 is 6.16 Å². The highest BCUT2D eigenvalue weighted by molar-refractivity contribution is 6.31. The average Bonchev–Trinajstić information content (AvgIpc) is 2.76. The van der Waals surface area contributed by atoms with Gasteiger partial charge in [0.25, 0.3) is 5.91 Å². The summed E-state index contributed by atoms with van der Waals surface area (Å²) < 4.78 is 9.70. The lowest BCUT2D eigenvalue weighted by Gasteiger charge is -2.32. The van der Waals surface area contributed by atoms with E-state index in [4.69, 9.17) is 21.1 Å². The first-order valence-electron chi connectivity index (χ1n) is 10.2. The number of nitrogens with one attached hydrogen (secondary N) is 1. The average molecular weight is 445 g/mol. The van der Waals surface area contributed by atoms with Crippen molar-refractivity contribution in [3.05, 3.63) is 64.7 Å². The molecule has 0 aliphatic carbocycles. The fourth-order valence-electron chi connectivity index (χ4n) is 3.38. The van der Waals surface area contributed by atoms with Gasteiger partial charge in [-0.15, -0.1) is 0 Å². The predicted octanol–water partition coefficient (Wildman–Crippen LogP) is 3.84. The molecule has 2 aromatic carbocycles. The van der Waals surface area contributed by atoms with Crippen LogP contribution in [0, 0.1) is 0 Å². The van der Waals surface area contributed by atoms with Crippen molar-refractivity contribution >= 4 is 29.6 Å². The normalized spacial score (nSPS) is 14.1. The van der Waals surface area contributed by atoms with Gasteiger partial charge in [0.15, 0.2) is 0 Å². The highest BCUT2D eigenvalue weighted by atomic mass is 35.5. The summed E-state index contributed by atoms with van der Waals surface area (Å²) in [5.41, 5.74) is 1.29. The number of hydrogen-bond donors (Lipinski definition) is 1. The first kappa shape index (κ1) is 22.6. The van der Waals surface area contributed by atoms with Crippen molar-refractivity contribution in [2.75, 3.05) is 19.7 Å². The Kier molecular flexibility index (Phi) is 7.89. The third kappa shape index (κ3) is 6.46.